The highest BCUT2D eigenvalue weighted by molar-refractivity contribution is 7.85. The molecule has 1 fully saturated rings. The zero-order chi connectivity index (χ0) is 11.4. The minimum atomic E-state index is -0.578. The molecule has 0 atom stereocenters. The van der Waals surface area contributed by atoms with Crippen molar-refractivity contribution in [3.8, 4) is 0 Å². The van der Waals surface area contributed by atoms with Crippen molar-refractivity contribution in [1.82, 2.24) is 15.3 Å². The molecule has 0 unspecified atom stereocenters. The third-order valence-corrected chi connectivity index (χ3v) is 4.18. The van der Waals surface area contributed by atoms with Crippen LogP contribution in [-0.2, 0) is 17.3 Å². The lowest BCUT2D eigenvalue weighted by molar-refractivity contribution is 0.471. The van der Waals surface area contributed by atoms with E-state index < -0.39 is 10.8 Å². The number of nitrogens with zero attached hydrogens (tertiary/aromatic N) is 2. The predicted molar refractivity (Wildman–Crippen MR) is 64.5 cm³/mol. The number of hydrogen-bond acceptors (Lipinski definition) is 4. The zero-order valence-corrected chi connectivity index (χ0v) is 10.3. The van der Waals surface area contributed by atoms with E-state index in [2.05, 4.69) is 15.3 Å². The number of rotatable bonds is 3. The molecule has 0 aromatic carbocycles. The molecule has 0 saturated carbocycles. The maximum absolute atomic E-state index is 11.2. The Hall–Kier alpha value is -0.810. The van der Waals surface area contributed by atoms with Crippen LogP contribution in [0.4, 0.5) is 0 Å². The summed E-state index contributed by atoms with van der Waals surface area (Å²) in [6.07, 6.45) is 3.81. The molecular formula is C11H17N3OS. The van der Waals surface area contributed by atoms with Gasteiger partial charge in [-0.05, 0) is 25.8 Å². The number of aryl methyl sites for hydroxylation is 1. The fourth-order valence-electron chi connectivity index (χ4n) is 1.85. The van der Waals surface area contributed by atoms with Gasteiger partial charge < -0.3 is 5.32 Å². The van der Waals surface area contributed by atoms with Gasteiger partial charge in [-0.3, -0.25) is 4.21 Å². The third kappa shape index (κ3) is 3.35. The van der Waals surface area contributed by atoms with E-state index in [0.29, 0.717) is 6.04 Å². The van der Waals surface area contributed by atoms with Crippen LogP contribution in [0, 0.1) is 6.92 Å². The molecule has 1 aliphatic heterocycles. The van der Waals surface area contributed by atoms with Gasteiger partial charge >= 0.3 is 0 Å². The monoisotopic (exact) mass is 239 g/mol. The van der Waals surface area contributed by atoms with Crippen LogP contribution >= 0.6 is 0 Å². The summed E-state index contributed by atoms with van der Waals surface area (Å²) in [6, 6.07) is 2.43. The van der Waals surface area contributed by atoms with Gasteiger partial charge in [0.2, 0.25) is 0 Å². The second-order valence-electron chi connectivity index (χ2n) is 4.10. The number of aromatic nitrogens is 2. The van der Waals surface area contributed by atoms with Crippen molar-refractivity contribution in [2.45, 2.75) is 32.4 Å². The second kappa shape index (κ2) is 5.50. The number of nitrogens with one attached hydrogen (secondary N) is 1. The molecule has 0 amide bonds. The van der Waals surface area contributed by atoms with Crippen molar-refractivity contribution in [2.24, 2.45) is 0 Å². The lowest BCUT2D eigenvalue weighted by Crippen LogP contribution is -2.35. The van der Waals surface area contributed by atoms with Gasteiger partial charge in [0.25, 0.3) is 0 Å². The van der Waals surface area contributed by atoms with Crippen LogP contribution in [0.2, 0.25) is 0 Å². The molecule has 0 aliphatic carbocycles. The Morgan fingerprint density at radius 1 is 1.50 bits per heavy atom. The molecule has 0 bridgehead atoms. The highest BCUT2D eigenvalue weighted by Gasteiger charge is 2.16. The first-order chi connectivity index (χ1) is 7.74. The Morgan fingerprint density at radius 3 is 2.94 bits per heavy atom. The number of hydrogen-bond donors (Lipinski definition) is 1. The quantitative estimate of drug-likeness (QED) is 0.847. The predicted octanol–water partition coefficient (Wildman–Crippen LogP) is 0.786. The van der Waals surface area contributed by atoms with Gasteiger partial charge in [-0.25, -0.2) is 9.97 Å². The second-order valence-corrected chi connectivity index (χ2v) is 5.79. The van der Waals surface area contributed by atoms with Crippen LogP contribution < -0.4 is 5.32 Å². The van der Waals surface area contributed by atoms with Crippen molar-refractivity contribution >= 4 is 10.8 Å². The molecule has 0 spiro atoms. The molecular weight excluding hydrogens is 222 g/mol. The van der Waals surface area contributed by atoms with Crippen molar-refractivity contribution in [3.05, 3.63) is 23.8 Å². The third-order valence-electron chi connectivity index (χ3n) is 2.79. The molecule has 88 valence electrons. The first-order valence-corrected chi connectivity index (χ1v) is 7.10. The first kappa shape index (κ1) is 11.7. The maximum atomic E-state index is 11.2. The SMILES string of the molecule is Cc1nccc(CNC2CCS(=O)CC2)n1. The largest absolute Gasteiger partial charge is 0.308 e. The minimum Gasteiger partial charge on any atom is -0.308 e. The van der Waals surface area contributed by atoms with Crippen molar-refractivity contribution in [3.63, 3.8) is 0 Å². The van der Waals surface area contributed by atoms with Gasteiger partial charge in [0.05, 0.1) is 5.69 Å². The Kier molecular flexibility index (Phi) is 4.01. The van der Waals surface area contributed by atoms with Gasteiger partial charge in [0.15, 0.2) is 0 Å². The smallest absolute Gasteiger partial charge is 0.125 e. The maximum Gasteiger partial charge on any atom is 0.125 e. The summed E-state index contributed by atoms with van der Waals surface area (Å²) < 4.78 is 11.2. The molecule has 2 heterocycles. The lowest BCUT2D eigenvalue weighted by atomic mass is 10.1. The van der Waals surface area contributed by atoms with E-state index in [1.807, 2.05) is 13.0 Å². The highest BCUT2D eigenvalue weighted by Crippen LogP contribution is 2.09. The first-order valence-electron chi connectivity index (χ1n) is 5.61. The summed E-state index contributed by atoms with van der Waals surface area (Å²) >= 11 is 0. The summed E-state index contributed by atoms with van der Waals surface area (Å²) in [4.78, 5) is 8.40. The average molecular weight is 239 g/mol. The fraction of sp³-hybridized carbons (Fsp3) is 0.636. The van der Waals surface area contributed by atoms with E-state index in [-0.39, 0.29) is 0 Å². The van der Waals surface area contributed by atoms with E-state index in [1.54, 1.807) is 6.20 Å². The molecule has 1 N–H and O–H groups in total. The van der Waals surface area contributed by atoms with Crippen LogP contribution in [0.1, 0.15) is 24.4 Å². The molecule has 2 rings (SSSR count). The minimum absolute atomic E-state index is 0.493. The summed E-state index contributed by atoms with van der Waals surface area (Å²) in [5.74, 6) is 2.48. The molecule has 0 radical (unpaired) electrons. The summed E-state index contributed by atoms with van der Waals surface area (Å²) in [6.45, 7) is 2.67. The Bertz CT molecular complexity index is 373. The van der Waals surface area contributed by atoms with Crippen LogP contribution in [-0.4, -0.2) is 31.7 Å². The van der Waals surface area contributed by atoms with E-state index in [9.17, 15) is 4.21 Å². The van der Waals surface area contributed by atoms with E-state index in [4.69, 9.17) is 0 Å². The molecule has 4 nitrogen and oxygen atoms in total. The zero-order valence-electron chi connectivity index (χ0n) is 9.48. The van der Waals surface area contributed by atoms with E-state index in [1.165, 1.54) is 0 Å². The summed E-state index contributed by atoms with van der Waals surface area (Å²) in [5.41, 5.74) is 1.03. The van der Waals surface area contributed by atoms with Crippen LogP contribution in [0.5, 0.6) is 0 Å². The molecule has 1 aromatic heterocycles. The summed E-state index contributed by atoms with van der Waals surface area (Å²) in [7, 11) is -0.578. The topological polar surface area (TPSA) is 54.9 Å². The van der Waals surface area contributed by atoms with Crippen LogP contribution in [0.3, 0.4) is 0 Å². The fourth-order valence-corrected chi connectivity index (χ4v) is 3.15. The van der Waals surface area contributed by atoms with Crippen LogP contribution in [0.25, 0.3) is 0 Å². The van der Waals surface area contributed by atoms with Crippen molar-refractivity contribution in [1.29, 1.82) is 0 Å². The molecule has 5 heteroatoms. The van der Waals surface area contributed by atoms with Gasteiger partial charge in [-0.2, -0.15) is 0 Å². The van der Waals surface area contributed by atoms with Gasteiger partial charge in [0, 0.05) is 41.1 Å². The molecule has 1 aliphatic rings. The van der Waals surface area contributed by atoms with Gasteiger partial charge in [0.1, 0.15) is 5.82 Å². The molecule has 16 heavy (non-hydrogen) atoms. The standard InChI is InChI=1S/C11H17N3OS/c1-9-12-5-2-11(14-9)8-13-10-3-6-16(15)7-4-10/h2,5,10,13H,3-4,6-8H2,1H3. The normalized spacial score (nSPS) is 25.6. The van der Waals surface area contributed by atoms with Gasteiger partial charge in [-0.1, -0.05) is 0 Å². The van der Waals surface area contributed by atoms with Crippen molar-refractivity contribution < 1.29 is 4.21 Å². The Balaban J connectivity index is 1.81. The lowest BCUT2D eigenvalue weighted by Gasteiger charge is -2.22. The molecule has 1 aromatic rings. The van der Waals surface area contributed by atoms with Gasteiger partial charge in [-0.15, -0.1) is 0 Å². The van der Waals surface area contributed by atoms with E-state index in [0.717, 1.165) is 42.4 Å². The van der Waals surface area contributed by atoms with Crippen LogP contribution in [0.15, 0.2) is 12.3 Å². The highest BCUT2D eigenvalue weighted by atomic mass is 32.2. The Morgan fingerprint density at radius 2 is 2.25 bits per heavy atom. The Labute approximate surface area is 98.3 Å². The van der Waals surface area contributed by atoms with Crippen molar-refractivity contribution in [2.75, 3.05) is 11.5 Å². The average Bonchev–Trinajstić information content (AvgIpc) is 2.28. The molecule has 1 saturated heterocycles. The van der Waals surface area contributed by atoms with E-state index >= 15 is 0 Å². The summed E-state index contributed by atoms with van der Waals surface area (Å²) in [5, 5.41) is 3.46.